The number of aliphatic imine (C=N–C) groups is 1. The minimum atomic E-state index is -2.89. The van der Waals surface area contributed by atoms with Gasteiger partial charge in [-0.25, -0.2) is 8.42 Å². The molecule has 0 aliphatic carbocycles. The Balaban J connectivity index is 0.00000484. The van der Waals surface area contributed by atoms with Gasteiger partial charge in [-0.15, -0.1) is 24.0 Å². The number of nitrogens with one attached hydrogen (secondary N) is 2. The highest BCUT2D eigenvalue weighted by atomic mass is 127. The number of nitrogens with zero attached hydrogens (tertiary/aromatic N) is 3. The predicted octanol–water partition coefficient (Wildman–Crippen LogP) is 1.11. The highest BCUT2D eigenvalue weighted by molar-refractivity contribution is 14.0. The lowest BCUT2D eigenvalue weighted by molar-refractivity contribution is 0.555. The molecule has 0 unspecified atom stereocenters. The molecule has 9 heteroatoms. The molecule has 0 amide bonds. The third kappa shape index (κ3) is 9.80. The summed E-state index contributed by atoms with van der Waals surface area (Å²) in [5.41, 5.74) is 2.20. The van der Waals surface area contributed by atoms with Crippen LogP contribution in [0, 0.1) is 13.8 Å². The minimum Gasteiger partial charge on any atom is -0.356 e. The molecule has 2 N–H and O–H groups in total. The maximum absolute atomic E-state index is 11.0. The van der Waals surface area contributed by atoms with Crippen LogP contribution in [0.25, 0.3) is 0 Å². The first kappa shape index (κ1) is 22.2. The maximum atomic E-state index is 11.0. The van der Waals surface area contributed by atoms with E-state index in [-0.39, 0.29) is 29.7 Å². The lowest BCUT2D eigenvalue weighted by atomic mass is 10.4. The van der Waals surface area contributed by atoms with E-state index in [1.165, 1.54) is 11.9 Å². The molecular weight excluding hydrogens is 429 g/mol. The van der Waals surface area contributed by atoms with E-state index < -0.39 is 9.84 Å². The van der Waals surface area contributed by atoms with Crippen LogP contribution in [-0.2, 0) is 16.4 Å². The summed E-state index contributed by atoms with van der Waals surface area (Å²) in [6, 6.07) is 2.07. The van der Waals surface area contributed by atoms with Crippen molar-refractivity contribution in [2.75, 3.05) is 32.1 Å². The van der Waals surface area contributed by atoms with Gasteiger partial charge in [-0.2, -0.15) is 5.10 Å². The van der Waals surface area contributed by atoms with Crippen LogP contribution >= 0.6 is 24.0 Å². The van der Waals surface area contributed by atoms with Crippen molar-refractivity contribution in [3.63, 3.8) is 0 Å². The molecular formula is C14H28IN5O2S. The van der Waals surface area contributed by atoms with Crippen LogP contribution in [0.2, 0.25) is 0 Å². The van der Waals surface area contributed by atoms with Gasteiger partial charge in [0.25, 0.3) is 0 Å². The van der Waals surface area contributed by atoms with Crippen molar-refractivity contribution in [3.8, 4) is 0 Å². The van der Waals surface area contributed by atoms with Gasteiger partial charge in [0.1, 0.15) is 9.84 Å². The fourth-order valence-electron chi connectivity index (χ4n) is 2.10. The smallest absolute Gasteiger partial charge is 0.190 e. The first-order valence-corrected chi connectivity index (χ1v) is 9.51. The Morgan fingerprint density at radius 2 is 1.87 bits per heavy atom. The Morgan fingerprint density at radius 3 is 2.35 bits per heavy atom. The number of aromatic nitrogens is 2. The van der Waals surface area contributed by atoms with Gasteiger partial charge in [0.05, 0.1) is 11.4 Å². The quantitative estimate of drug-likeness (QED) is 0.264. The summed E-state index contributed by atoms with van der Waals surface area (Å²) < 4.78 is 24.1. The summed E-state index contributed by atoms with van der Waals surface area (Å²) in [4.78, 5) is 4.11. The monoisotopic (exact) mass is 457 g/mol. The topological polar surface area (TPSA) is 88.4 Å². The van der Waals surface area contributed by atoms with Crippen molar-refractivity contribution in [1.29, 1.82) is 0 Å². The molecule has 23 heavy (non-hydrogen) atoms. The van der Waals surface area contributed by atoms with E-state index >= 15 is 0 Å². The second kappa shape index (κ2) is 10.8. The van der Waals surface area contributed by atoms with Crippen LogP contribution in [-0.4, -0.2) is 56.3 Å². The van der Waals surface area contributed by atoms with Gasteiger partial charge < -0.3 is 10.6 Å². The molecule has 0 bridgehead atoms. The fraction of sp³-hybridized carbons (Fsp3) is 0.714. The van der Waals surface area contributed by atoms with E-state index in [2.05, 4.69) is 33.7 Å². The third-order valence-electron chi connectivity index (χ3n) is 3.15. The molecule has 0 spiro atoms. The number of hydrogen-bond donors (Lipinski definition) is 2. The molecule has 0 fully saturated rings. The number of rotatable bonds is 8. The lowest BCUT2D eigenvalue weighted by Gasteiger charge is -2.12. The second-order valence-electron chi connectivity index (χ2n) is 5.41. The van der Waals surface area contributed by atoms with Crippen molar-refractivity contribution >= 4 is 39.8 Å². The Kier molecular flexibility index (Phi) is 10.4. The molecule has 1 aromatic heterocycles. The molecule has 0 aliphatic heterocycles. The summed E-state index contributed by atoms with van der Waals surface area (Å²) in [6.45, 7) is 6.27. The van der Waals surface area contributed by atoms with Crippen LogP contribution in [0.1, 0.15) is 24.2 Å². The second-order valence-corrected chi connectivity index (χ2v) is 7.67. The van der Waals surface area contributed by atoms with Crippen LogP contribution in [0.5, 0.6) is 0 Å². The molecule has 1 aromatic rings. The van der Waals surface area contributed by atoms with Crippen molar-refractivity contribution < 1.29 is 8.42 Å². The highest BCUT2D eigenvalue weighted by Crippen LogP contribution is 2.02. The average molecular weight is 457 g/mol. The molecule has 7 nitrogen and oxygen atoms in total. The average Bonchev–Trinajstić information content (AvgIpc) is 2.74. The molecule has 134 valence electrons. The molecule has 1 rings (SSSR count). The van der Waals surface area contributed by atoms with E-state index in [9.17, 15) is 8.42 Å². The van der Waals surface area contributed by atoms with Crippen molar-refractivity contribution in [2.45, 2.75) is 33.2 Å². The first-order chi connectivity index (χ1) is 10.3. The van der Waals surface area contributed by atoms with Gasteiger partial charge in [0.2, 0.25) is 0 Å². The summed E-state index contributed by atoms with van der Waals surface area (Å²) >= 11 is 0. The molecule has 0 atom stereocenters. The van der Waals surface area contributed by atoms with E-state index in [0.29, 0.717) is 18.9 Å². The standard InChI is InChI=1S/C14H27N5O2S.HI/c1-12-11-13(2)19(18-12)9-5-7-16-14(15-3)17-8-6-10-22(4,20)21;/h11H,5-10H2,1-4H3,(H2,15,16,17);1H. The van der Waals surface area contributed by atoms with Crippen LogP contribution in [0.4, 0.5) is 0 Å². The largest absolute Gasteiger partial charge is 0.356 e. The SMILES string of the molecule is CN=C(NCCCn1nc(C)cc1C)NCCCS(C)(=O)=O.I. The zero-order valence-electron chi connectivity index (χ0n) is 14.3. The highest BCUT2D eigenvalue weighted by Gasteiger charge is 2.03. The molecule has 0 saturated heterocycles. The molecule has 1 heterocycles. The normalized spacial score (nSPS) is 11.9. The number of hydrogen-bond acceptors (Lipinski definition) is 4. The van der Waals surface area contributed by atoms with Gasteiger partial charge in [0.15, 0.2) is 5.96 Å². The number of halogens is 1. The van der Waals surface area contributed by atoms with Crippen LogP contribution in [0.15, 0.2) is 11.1 Å². The molecule has 0 aromatic carbocycles. The Bertz CT molecular complexity index is 598. The Labute approximate surface area is 156 Å². The summed E-state index contributed by atoms with van der Waals surface area (Å²) in [6.07, 6.45) is 2.76. The minimum absolute atomic E-state index is 0. The number of guanidine groups is 1. The van der Waals surface area contributed by atoms with Gasteiger partial charge in [0, 0.05) is 38.6 Å². The Morgan fingerprint density at radius 1 is 1.26 bits per heavy atom. The summed E-state index contributed by atoms with van der Waals surface area (Å²) in [5.74, 6) is 0.886. The predicted molar refractivity (Wildman–Crippen MR) is 105 cm³/mol. The molecule has 0 radical (unpaired) electrons. The fourth-order valence-corrected chi connectivity index (χ4v) is 2.77. The van der Waals surface area contributed by atoms with Crippen molar-refractivity contribution in [1.82, 2.24) is 20.4 Å². The molecule has 0 saturated carbocycles. The summed E-state index contributed by atoms with van der Waals surface area (Å²) in [5, 5.41) is 10.7. The van der Waals surface area contributed by atoms with E-state index in [4.69, 9.17) is 0 Å². The zero-order chi connectivity index (χ0) is 16.6. The zero-order valence-corrected chi connectivity index (χ0v) is 17.4. The van der Waals surface area contributed by atoms with Gasteiger partial charge in [-0.05, 0) is 32.8 Å². The molecule has 0 aliphatic rings. The van der Waals surface area contributed by atoms with E-state index in [0.717, 1.165) is 25.2 Å². The number of sulfone groups is 1. The first-order valence-electron chi connectivity index (χ1n) is 7.45. The van der Waals surface area contributed by atoms with Crippen LogP contribution < -0.4 is 10.6 Å². The van der Waals surface area contributed by atoms with Crippen LogP contribution in [0.3, 0.4) is 0 Å². The van der Waals surface area contributed by atoms with Crippen molar-refractivity contribution in [2.24, 2.45) is 4.99 Å². The number of aryl methyl sites for hydroxylation is 3. The maximum Gasteiger partial charge on any atom is 0.190 e. The van der Waals surface area contributed by atoms with Gasteiger partial charge in [-0.3, -0.25) is 9.67 Å². The van der Waals surface area contributed by atoms with Crippen molar-refractivity contribution in [3.05, 3.63) is 17.5 Å². The Hall–Kier alpha value is -0.840. The lowest BCUT2D eigenvalue weighted by Crippen LogP contribution is -2.38. The van der Waals surface area contributed by atoms with Gasteiger partial charge >= 0.3 is 0 Å². The van der Waals surface area contributed by atoms with E-state index in [1.54, 1.807) is 7.05 Å². The summed E-state index contributed by atoms with van der Waals surface area (Å²) in [7, 11) is -1.19. The van der Waals surface area contributed by atoms with Gasteiger partial charge in [-0.1, -0.05) is 0 Å². The van der Waals surface area contributed by atoms with E-state index in [1.807, 2.05) is 11.6 Å². The third-order valence-corrected chi connectivity index (χ3v) is 4.18.